The van der Waals surface area contributed by atoms with Crippen molar-refractivity contribution in [2.75, 3.05) is 12.0 Å². The van der Waals surface area contributed by atoms with Crippen molar-refractivity contribution in [2.24, 2.45) is 5.10 Å². The van der Waals surface area contributed by atoms with Crippen LogP contribution in [0.1, 0.15) is 18.1 Å². The van der Waals surface area contributed by atoms with Gasteiger partial charge in [0.25, 0.3) is 0 Å². The molecule has 0 spiro atoms. The molecule has 0 bridgehead atoms. The maximum absolute atomic E-state index is 11.1. The van der Waals surface area contributed by atoms with Gasteiger partial charge in [0.05, 0.1) is 22.8 Å². The Morgan fingerprint density at radius 3 is 2.71 bits per heavy atom. The molecule has 8 nitrogen and oxygen atoms in total. The molecule has 4 aromatic rings. The van der Waals surface area contributed by atoms with Crippen molar-refractivity contribution < 1.29 is 14.4 Å². The molecular formula is C25H21ClN4O4. The van der Waals surface area contributed by atoms with E-state index in [1.807, 2.05) is 25.1 Å². The lowest BCUT2D eigenvalue weighted by Gasteiger charge is -2.15. The minimum Gasteiger partial charge on any atom is -0.490 e. The van der Waals surface area contributed by atoms with Gasteiger partial charge in [-0.25, -0.2) is 4.98 Å². The highest BCUT2D eigenvalue weighted by molar-refractivity contribution is 6.32. The molecule has 3 aromatic carbocycles. The third-order valence-corrected chi connectivity index (χ3v) is 5.18. The number of benzene rings is 3. The average Bonchev–Trinajstić information content (AvgIpc) is 2.84. The van der Waals surface area contributed by atoms with E-state index in [1.54, 1.807) is 12.1 Å². The Kier molecular flexibility index (Phi) is 7.19. The van der Waals surface area contributed by atoms with Gasteiger partial charge in [-0.05, 0) is 53.1 Å². The zero-order valence-electron chi connectivity index (χ0n) is 18.3. The fraction of sp³-hybridized carbons (Fsp3) is 0.120. The summed E-state index contributed by atoms with van der Waals surface area (Å²) in [6, 6.07) is 20.5. The number of hydrogen-bond acceptors (Lipinski definition) is 7. The highest BCUT2D eigenvalue weighted by Crippen LogP contribution is 2.37. The number of nitrogens with one attached hydrogen (secondary N) is 1. The van der Waals surface area contributed by atoms with Gasteiger partial charge in [-0.15, -0.1) is 0 Å². The highest BCUT2D eigenvalue weighted by atomic mass is 35.5. The summed E-state index contributed by atoms with van der Waals surface area (Å²) in [4.78, 5) is 14.5. The van der Waals surface area contributed by atoms with Crippen molar-refractivity contribution in [3.63, 3.8) is 0 Å². The first kappa shape index (κ1) is 23.0. The topological polar surface area (TPSA) is 98.9 Å². The van der Waals surface area contributed by atoms with Gasteiger partial charge in [0, 0.05) is 12.3 Å². The summed E-state index contributed by atoms with van der Waals surface area (Å²) in [5, 5.41) is 17.8. The first-order chi connectivity index (χ1) is 16.5. The average molecular weight is 477 g/mol. The number of ether oxygens (including phenoxy) is 2. The molecule has 0 unspecified atom stereocenters. The van der Waals surface area contributed by atoms with Gasteiger partial charge in [-0.2, -0.15) is 5.10 Å². The van der Waals surface area contributed by atoms with Crippen LogP contribution in [-0.2, 0) is 6.61 Å². The lowest BCUT2D eigenvalue weighted by atomic mass is 10.1. The Bertz CT molecular complexity index is 1360. The van der Waals surface area contributed by atoms with E-state index in [1.165, 1.54) is 24.5 Å². The maximum atomic E-state index is 11.1. The lowest BCUT2D eigenvalue weighted by molar-refractivity contribution is -0.384. The molecule has 0 aliphatic carbocycles. The Morgan fingerprint density at radius 1 is 1.09 bits per heavy atom. The number of hydrazone groups is 1. The van der Waals surface area contributed by atoms with Crippen LogP contribution < -0.4 is 14.9 Å². The van der Waals surface area contributed by atoms with Crippen molar-refractivity contribution in [1.29, 1.82) is 0 Å². The fourth-order valence-electron chi connectivity index (χ4n) is 3.35. The molecule has 0 fully saturated rings. The first-order valence-corrected chi connectivity index (χ1v) is 10.9. The van der Waals surface area contributed by atoms with Gasteiger partial charge in [0.2, 0.25) is 5.82 Å². The summed E-state index contributed by atoms with van der Waals surface area (Å²) in [6.07, 6.45) is 2.91. The number of nitro groups is 1. The van der Waals surface area contributed by atoms with Gasteiger partial charge in [0.1, 0.15) is 6.61 Å². The van der Waals surface area contributed by atoms with E-state index in [9.17, 15) is 10.1 Å². The summed E-state index contributed by atoms with van der Waals surface area (Å²) in [7, 11) is 0. The number of hydrogen-bond donors (Lipinski definition) is 1. The van der Waals surface area contributed by atoms with Gasteiger partial charge in [0.15, 0.2) is 11.5 Å². The van der Waals surface area contributed by atoms with E-state index in [0.29, 0.717) is 35.3 Å². The van der Waals surface area contributed by atoms with E-state index in [0.717, 1.165) is 16.3 Å². The van der Waals surface area contributed by atoms with Crippen LogP contribution in [0, 0.1) is 10.1 Å². The predicted octanol–water partition coefficient (Wildman–Crippen LogP) is 6.22. The standard InChI is InChI=1S/C25H21ClN4O4/c1-2-33-23-14-18(15-28-29-25-22(30(31)32)8-5-11-27-25)13-21(26)24(23)34-16-17-9-10-19-6-3-4-7-20(19)12-17/h3-15H,2,16H2,1H3,(H,27,29)/b28-15-. The van der Waals surface area contributed by atoms with Crippen molar-refractivity contribution >= 4 is 40.1 Å². The molecule has 9 heteroatoms. The minimum atomic E-state index is -0.531. The number of anilines is 1. The molecule has 172 valence electrons. The molecule has 1 aromatic heterocycles. The highest BCUT2D eigenvalue weighted by Gasteiger charge is 2.14. The van der Waals surface area contributed by atoms with E-state index < -0.39 is 4.92 Å². The van der Waals surface area contributed by atoms with Gasteiger partial charge in [-0.1, -0.05) is 48.0 Å². The zero-order chi connectivity index (χ0) is 23.9. The zero-order valence-corrected chi connectivity index (χ0v) is 19.0. The third kappa shape index (κ3) is 5.41. The third-order valence-electron chi connectivity index (χ3n) is 4.90. The van der Waals surface area contributed by atoms with Crippen LogP contribution in [-0.4, -0.2) is 22.7 Å². The quantitative estimate of drug-likeness (QED) is 0.175. The Labute approximate surface area is 201 Å². The smallest absolute Gasteiger partial charge is 0.313 e. The lowest BCUT2D eigenvalue weighted by Crippen LogP contribution is -2.02. The minimum absolute atomic E-state index is 0.0372. The molecule has 0 saturated carbocycles. The van der Waals surface area contributed by atoms with Crippen LogP contribution in [0.5, 0.6) is 11.5 Å². The second-order valence-electron chi connectivity index (χ2n) is 7.23. The molecule has 0 amide bonds. The Hall–Kier alpha value is -4.17. The summed E-state index contributed by atoms with van der Waals surface area (Å²) >= 11 is 6.51. The molecule has 4 rings (SSSR count). The van der Waals surface area contributed by atoms with Crippen molar-refractivity contribution in [3.05, 3.63) is 99.2 Å². The Morgan fingerprint density at radius 2 is 1.91 bits per heavy atom. The maximum Gasteiger partial charge on any atom is 0.313 e. The number of nitrogens with zero attached hydrogens (tertiary/aromatic N) is 3. The van der Waals surface area contributed by atoms with Crippen LogP contribution in [0.4, 0.5) is 11.5 Å². The van der Waals surface area contributed by atoms with Gasteiger partial charge < -0.3 is 9.47 Å². The van der Waals surface area contributed by atoms with E-state index >= 15 is 0 Å². The summed E-state index contributed by atoms with van der Waals surface area (Å²) in [6.45, 7) is 2.61. The Balaban J connectivity index is 1.51. The van der Waals surface area contributed by atoms with Crippen molar-refractivity contribution in [3.8, 4) is 11.5 Å². The van der Waals surface area contributed by atoms with Gasteiger partial charge in [-0.3, -0.25) is 15.5 Å². The van der Waals surface area contributed by atoms with Crippen molar-refractivity contribution in [2.45, 2.75) is 13.5 Å². The second-order valence-corrected chi connectivity index (χ2v) is 7.64. The number of aromatic nitrogens is 1. The molecular weight excluding hydrogens is 456 g/mol. The molecule has 1 N–H and O–H groups in total. The fourth-order valence-corrected chi connectivity index (χ4v) is 3.62. The molecule has 34 heavy (non-hydrogen) atoms. The number of rotatable bonds is 9. The molecule has 0 saturated heterocycles. The predicted molar refractivity (Wildman–Crippen MR) is 133 cm³/mol. The molecule has 0 aliphatic rings. The second kappa shape index (κ2) is 10.6. The van der Waals surface area contributed by atoms with Gasteiger partial charge >= 0.3 is 5.69 Å². The van der Waals surface area contributed by atoms with Crippen LogP contribution in [0.3, 0.4) is 0 Å². The van der Waals surface area contributed by atoms with Crippen LogP contribution in [0.25, 0.3) is 10.8 Å². The normalized spacial score (nSPS) is 11.0. The summed E-state index contributed by atoms with van der Waals surface area (Å²) in [5.41, 5.74) is 4.04. The van der Waals surface area contributed by atoms with Crippen LogP contribution in [0.2, 0.25) is 5.02 Å². The largest absolute Gasteiger partial charge is 0.490 e. The number of fused-ring (bicyclic) bond motifs is 1. The van der Waals surface area contributed by atoms with E-state index in [4.69, 9.17) is 21.1 Å². The van der Waals surface area contributed by atoms with E-state index in [2.05, 4.69) is 39.8 Å². The summed E-state index contributed by atoms with van der Waals surface area (Å²) < 4.78 is 11.8. The molecule has 0 radical (unpaired) electrons. The molecule has 0 aliphatic heterocycles. The van der Waals surface area contributed by atoms with Crippen molar-refractivity contribution in [1.82, 2.24) is 4.98 Å². The molecule has 0 atom stereocenters. The summed E-state index contributed by atoms with van der Waals surface area (Å²) in [5.74, 6) is 0.943. The monoisotopic (exact) mass is 476 g/mol. The SMILES string of the molecule is CCOc1cc(/C=N\Nc2ncccc2[N+](=O)[O-])cc(Cl)c1OCc1ccc2ccccc2c1. The molecule has 1 heterocycles. The first-order valence-electron chi connectivity index (χ1n) is 10.5. The number of pyridine rings is 1. The number of halogens is 1. The van der Waals surface area contributed by atoms with Crippen LogP contribution >= 0.6 is 11.6 Å². The van der Waals surface area contributed by atoms with Crippen LogP contribution in [0.15, 0.2) is 78.0 Å². The van der Waals surface area contributed by atoms with E-state index in [-0.39, 0.29) is 11.5 Å².